The maximum absolute atomic E-state index is 12.6. The molecule has 0 spiro atoms. The van der Waals surface area contributed by atoms with E-state index >= 15 is 0 Å². The fraction of sp³-hybridized carbons (Fsp3) is 0.889. The molecule has 2 fully saturated rings. The maximum atomic E-state index is 12.6. The molecular formula is C18H32N4O2. The number of likely N-dealkylation sites (tertiary alicyclic amines) is 1. The lowest BCUT2D eigenvalue weighted by Gasteiger charge is -2.39. The summed E-state index contributed by atoms with van der Waals surface area (Å²) in [7, 11) is 0. The summed E-state index contributed by atoms with van der Waals surface area (Å²) in [5.41, 5.74) is 0. The van der Waals surface area contributed by atoms with E-state index in [9.17, 15) is 15.2 Å². The molecule has 2 rings (SSSR count). The van der Waals surface area contributed by atoms with Crippen molar-refractivity contribution in [2.45, 2.75) is 58.2 Å². The highest BCUT2D eigenvalue weighted by Crippen LogP contribution is 2.21. The number of amides is 1. The van der Waals surface area contributed by atoms with Gasteiger partial charge in [0.2, 0.25) is 5.91 Å². The molecule has 136 valence electrons. The van der Waals surface area contributed by atoms with E-state index in [1.54, 1.807) is 0 Å². The molecule has 0 aromatic rings. The Morgan fingerprint density at radius 2 is 1.88 bits per heavy atom. The zero-order valence-corrected chi connectivity index (χ0v) is 15.3. The van der Waals surface area contributed by atoms with Gasteiger partial charge < -0.3 is 10.0 Å². The predicted molar refractivity (Wildman–Crippen MR) is 93.3 cm³/mol. The van der Waals surface area contributed by atoms with Gasteiger partial charge in [-0.1, -0.05) is 13.8 Å². The fourth-order valence-electron chi connectivity index (χ4n) is 3.94. The van der Waals surface area contributed by atoms with Crippen molar-refractivity contribution in [3.63, 3.8) is 0 Å². The minimum absolute atomic E-state index is 0.0590. The number of hydrogen-bond acceptors (Lipinski definition) is 5. The standard InChI is InChI=1S/C18H32N4O2/c1-14(2)17(12-19)20-7-9-21(10-8-20)18(24)13-22-6-4-5-16(22)11-15(3)23/h14-17,23H,4-11,13H2,1-3H3. The van der Waals surface area contributed by atoms with Crippen molar-refractivity contribution in [2.75, 3.05) is 39.3 Å². The van der Waals surface area contributed by atoms with Gasteiger partial charge in [0, 0.05) is 32.2 Å². The highest BCUT2D eigenvalue weighted by atomic mass is 16.3. The number of aliphatic hydroxyl groups excluding tert-OH is 1. The quantitative estimate of drug-likeness (QED) is 0.781. The van der Waals surface area contributed by atoms with E-state index in [4.69, 9.17) is 0 Å². The second-order valence-corrected chi connectivity index (χ2v) is 7.59. The van der Waals surface area contributed by atoms with Crippen molar-refractivity contribution < 1.29 is 9.90 Å². The molecule has 2 saturated heterocycles. The fourth-order valence-corrected chi connectivity index (χ4v) is 3.94. The summed E-state index contributed by atoms with van der Waals surface area (Å²) in [5, 5.41) is 18.9. The summed E-state index contributed by atoms with van der Waals surface area (Å²) in [5.74, 6) is 0.494. The Hall–Kier alpha value is -1.16. The van der Waals surface area contributed by atoms with Gasteiger partial charge in [0.25, 0.3) is 0 Å². The molecule has 2 aliphatic rings. The Bertz CT molecular complexity index is 452. The van der Waals surface area contributed by atoms with Crippen LogP contribution in [0.5, 0.6) is 0 Å². The number of carbonyl (C=O) groups excluding carboxylic acids is 1. The molecule has 0 saturated carbocycles. The number of rotatable bonds is 6. The van der Waals surface area contributed by atoms with Gasteiger partial charge in [-0.15, -0.1) is 0 Å². The van der Waals surface area contributed by atoms with Crippen molar-refractivity contribution >= 4 is 5.91 Å². The molecule has 0 bridgehead atoms. The van der Waals surface area contributed by atoms with Crippen LogP contribution in [-0.4, -0.2) is 83.2 Å². The van der Waals surface area contributed by atoms with Crippen LogP contribution in [0.4, 0.5) is 0 Å². The second kappa shape index (κ2) is 8.80. The van der Waals surface area contributed by atoms with Crippen molar-refractivity contribution in [1.29, 1.82) is 5.26 Å². The lowest BCUT2D eigenvalue weighted by molar-refractivity contribution is -0.134. The Morgan fingerprint density at radius 1 is 1.21 bits per heavy atom. The molecule has 24 heavy (non-hydrogen) atoms. The zero-order chi connectivity index (χ0) is 17.7. The van der Waals surface area contributed by atoms with Crippen molar-refractivity contribution in [2.24, 2.45) is 5.92 Å². The minimum atomic E-state index is -0.312. The molecule has 3 unspecified atom stereocenters. The van der Waals surface area contributed by atoms with Crippen LogP contribution in [0.1, 0.15) is 40.0 Å². The first kappa shape index (κ1) is 19.2. The van der Waals surface area contributed by atoms with Gasteiger partial charge in [-0.2, -0.15) is 5.26 Å². The third-order valence-electron chi connectivity index (χ3n) is 5.27. The van der Waals surface area contributed by atoms with Gasteiger partial charge in [0.05, 0.1) is 18.7 Å². The first-order valence-electron chi connectivity index (χ1n) is 9.26. The van der Waals surface area contributed by atoms with Crippen LogP contribution in [0.15, 0.2) is 0 Å². The van der Waals surface area contributed by atoms with Crippen molar-refractivity contribution in [3.05, 3.63) is 0 Å². The highest BCUT2D eigenvalue weighted by Gasteiger charge is 2.31. The minimum Gasteiger partial charge on any atom is -0.393 e. The molecule has 6 heteroatoms. The van der Waals surface area contributed by atoms with E-state index in [2.05, 4.69) is 29.7 Å². The van der Waals surface area contributed by atoms with Gasteiger partial charge in [-0.25, -0.2) is 0 Å². The van der Waals surface area contributed by atoms with Crippen LogP contribution in [0.25, 0.3) is 0 Å². The third-order valence-corrected chi connectivity index (χ3v) is 5.27. The third kappa shape index (κ3) is 4.92. The first-order valence-corrected chi connectivity index (χ1v) is 9.26. The maximum Gasteiger partial charge on any atom is 0.236 e. The Labute approximate surface area is 146 Å². The number of nitriles is 1. The van der Waals surface area contributed by atoms with E-state index in [0.29, 0.717) is 31.6 Å². The van der Waals surface area contributed by atoms with Gasteiger partial charge in [-0.05, 0) is 38.6 Å². The molecule has 2 aliphatic heterocycles. The summed E-state index contributed by atoms with van der Waals surface area (Å²) in [4.78, 5) is 19.0. The Balaban J connectivity index is 1.81. The number of nitrogens with zero attached hydrogens (tertiary/aromatic N) is 4. The molecular weight excluding hydrogens is 304 g/mol. The molecule has 0 radical (unpaired) electrons. The summed E-state index contributed by atoms with van der Waals surface area (Å²) in [6, 6.07) is 2.66. The molecule has 2 heterocycles. The summed E-state index contributed by atoms with van der Waals surface area (Å²) < 4.78 is 0. The Kier molecular flexibility index (Phi) is 7.02. The molecule has 0 aromatic heterocycles. The Morgan fingerprint density at radius 3 is 2.42 bits per heavy atom. The SMILES string of the molecule is CC(O)CC1CCCN1CC(=O)N1CCN(C(C#N)C(C)C)CC1. The summed E-state index contributed by atoms with van der Waals surface area (Å²) in [6.45, 7) is 10.3. The number of piperazine rings is 1. The smallest absolute Gasteiger partial charge is 0.236 e. The zero-order valence-electron chi connectivity index (χ0n) is 15.3. The van der Waals surface area contributed by atoms with E-state index < -0.39 is 0 Å². The van der Waals surface area contributed by atoms with Crippen LogP contribution in [-0.2, 0) is 4.79 Å². The summed E-state index contributed by atoms with van der Waals surface area (Å²) >= 11 is 0. The number of hydrogen-bond donors (Lipinski definition) is 1. The van der Waals surface area contributed by atoms with E-state index in [1.165, 1.54) is 0 Å². The summed E-state index contributed by atoms with van der Waals surface area (Å²) in [6.07, 6.45) is 2.62. The molecule has 0 aliphatic carbocycles. The van der Waals surface area contributed by atoms with E-state index in [-0.39, 0.29) is 18.1 Å². The second-order valence-electron chi connectivity index (χ2n) is 7.59. The van der Waals surface area contributed by atoms with Crippen LogP contribution in [0, 0.1) is 17.2 Å². The monoisotopic (exact) mass is 336 g/mol. The predicted octanol–water partition coefficient (Wildman–Crippen LogP) is 0.914. The molecule has 3 atom stereocenters. The average molecular weight is 336 g/mol. The molecule has 1 N–H and O–H groups in total. The van der Waals surface area contributed by atoms with Crippen molar-refractivity contribution in [1.82, 2.24) is 14.7 Å². The molecule has 1 amide bonds. The van der Waals surface area contributed by atoms with Crippen LogP contribution in [0.3, 0.4) is 0 Å². The normalized spacial score (nSPS) is 25.7. The number of aliphatic hydroxyl groups is 1. The van der Waals surface area contributed by atoms with Gasteiger partial charge in [0.1, 0.15) is 6.04 Å². The van der Waals surface area contributed by atoms with E-state index in [1.807, 2.05) is 11.8 Å². The van der Waals surface area contributed by atoms with Gasteiger partial charge >= 0.3 is 0 Å². The lowest BCUT2D eigenvalue weighted by atomic mass is 10.0. The van der Waals surface area contributed by atoms with Crippen LogP contribution >= 0.6 is 0 Å². The lowest BCUT2D eigenvalue weighted by Crippen LogP contribution is -2.54. The van der Waals surface area contributed by atoms with Gasteiger partial charge in [-0.3, -0.25) is 14.6 Å². The molecule has 6 nitrogen and oxygen atoms in total. The van der Waals surface area contributed by atoms with E-state index in [0.717, 1.165) is 38.9 Å². The van der Waals surface area contributed by atoms with Crippen molar-refractivity contribution in [3.8, 4) is 6.07 Å². The largest absolute Gasteiger partial charge is 0.393 e. The topological polar surface area (TPSA) is 70.8 Å². The first-order chi connectivity index (χ1) is 11.4. The van der Waals surface area contributed by atoms with Crippen LogP contribution < -0.4 is 0 Å². The highest BCUT2D eigenvalue weighted by molar-refractivity contribution is 5.78. The van der Waals surface area contributed by atoms with Crippen LogP contribution in [0.2, 0.25) is 0 Å². The van der Waals surface area contributed by atoms with Gasteiger partial charge in [0.15, 0.2) is 0 Å². The number of carbonyl (C=O) groups is 1. The average Bonchev–Trinajstić information content (AvgIpc) is 2.94. The molecule has 0 aromatic carbocycles.